The van der Waals surface area contributed by atoms with Gasteiger partial charge in [0.25, 0.3) is 0 Å². The lowest BCUT2D eigenvalue weighted by Gasteiger charge is -2.31. The Hall–Kier alpha value is -1.79. The van der Waals surface area contributed by atoms with Gasteiger partial charge in [0.1, 0.15) is 5.82 Å². The molecule has 1 aromatic heterocycles. The van der Waals surface area contributed by atoms with E-state index in [1.807, 2.05) is 30.3 Å². The summed E-state index contributed by atoms with van der Waals surface area (Å²) in [7, 11) is 0. The Morgan fingerprint density at radius 2 is 1.96 bits per heavy atom. The Morgan fingerprint density at radius 3 is 2.62 bits per heavy atom. The second kappa shape index (κ2) is 6.99. The number of nitrogens with zero attached hydrogens (tertiary/aromatic N) is 1. The lowest BCUT2D eigenvalue weighted by atomic mass is 9.97. The molecular weight excluding hydrogens is 341 g/mol. The maximum absolute atomic E-state index is 12.7. The maximum Gasteiger partial charge on any atom is 0.417 e. The van der Waals surface area contributed by atoms with Gasteiger partial charge in [0.05, 0.1) is 16.7 Å². The number of alkyl halides is 3. The highest BCUT2D eigenvalue weighted by Crippen LogP contribution is 2.34. The van der Waals surface area contributed by atoms with Gasteiger partial charge in [-0.1, -0.05) is 41.9 Å². The number of halogens is 4. The fourth-order valence-corrected chi connectivity index (χ4v) is 2.94. The van der Waals surface area contributed by atoms with Crippen LogP contribution in [0.15, 0.2) is 42.6 Å². The first-order valence-electron chi connectivity index (χ1n) is 7.59. The number of anilines is 1. The number of benzene rings is 1. The van der Waals surface area contributed by atoms with E-state index in [1.54, 1.807) is 0 Å². The third kappa shape index (κ3) is 3.99. The third-order valence-corrected chi connectivity index (χ3v) is 4.25. The first kappa shape index (κ1) is 17.0. The van der Waals surface area contributed by atoms with Crippen molar-refractivity contribution < 1.29 is 17.9 Å². The predicted octanol–water partition coefficient (Wildman–Crippen LogP) is 5.09. The number of ether oxygens (including phenoxy) is 1. The highest BCUT2D eigenvalue weighted by molar-refractivity contribution is 6.33. The van der Waals surface area contributed by atoms with Crippen molar-refractivity contribution in [2.75, 3.05) is 11.9 Å². The van der Waals surface area contributed by atoms with E-state index in [9.17, 15) is 13.2 Å². The van der Waals surface area contributed by atoms with Crippen molar-refractivity contribution in [2.24, 2.45) is 0 Å². The molecular formula is C17H16ClF3N2O. The summed E-state index contributed by atoms with van der Waals surface area (Å²) in [5, 5.41) is 3.10. The summed E-state index contributed by atoms with van der Waals surface area (Å²) in [5.41, 5.74) is 0.225. The molecule has 0 aliphatic carbocycles. The van der Waals surface area contributed by atoms with Gasteiger partial charge >= 0.3 is 6.18 Å². The highest BCUT2D eigenvalue weighted by atomic mass is 35.5. The molecule has 2 heterocycles. The predicted molar refractivity (Wildman–Crippen MR) is 86.0 cm³/mol. The second-order valence-corrected chi connectivity index (χ2v) is 6.10. The van der Waals surface area contributed by atoms with Gasteiger partial charge in [-0.3, -0.25) is 0 Å². The van der Waals surface area contributed by atoms with Crippen LogP contribution in [0.1, 0.15) is 30.1 Å². The molecule has 1 aliphatic rings. The number of hydrogen-bond acceptors (Lipinski definition) is 3. The van der Waals surface area contributed by atoms with Gasteiger partial charge in [0.15, 0.2) is 0 Å². The first-order valence-corrected chi connectivity index (χ1v) is 7.97. The minimum absolute atomic E-state index is 0.0330. The van der Waals surface area contributed by atoms with Crippen molar-refractivity contribution in [1.82, 2.24) is 4.98 Å². The Balaban J connectivity index is 1.70. The molecule has 1 saturated heterocycles. The Kier molecular flexibility index (Phi) is 4.96. The minimum Gasteiger partial charge on any atom is -0.373 e. The van der Waals surface area contributed by atoms with Crippen LogP contribution in [0.3, 0.4) is 0 Å². The average Bonchev–Trinajstić information content (AvgIpc) is 2.57. The number of hydrogen-bond donors (Lipinski definition) is 1. The fraction of sp³-hybridized carbons (Fsp3) is 0.353. The Morgan fingerprint density at radius 1 is 1.21 bits per heavy atom. The zero-order valence-electron chi connectivity index (χ0n) is 12.7. The minimum atomic E-state index is -4.45. The molecule has 2 aromatic rings. The number of aromatic nitrogens is 1. The molecule has 7 heteroatoms. The van der Waals surface area contributed by atoms with Gasteiger partial charge < -0.3 is 10.1 Å². The summed E-state index contributed by atoms with van der Waals surface area (Å²) < 4.78 is 43.8. The van der Waals surface area contributed by atoms with Crippen molar-refractivity contribution in [1.29, 1.82) is 0 Å². The van der Waals surface area contributed by atoms with Crippen molar-refractivity contribution in [2.45, 2.75) is 31.2 Å². The molecule has 1 fully saturated rings. The summed E-state index contributed by atoms with van der Waals surface area (Å²) in [5.74, 6) is 0.267. The van der Waals surface area contributed by atoms with Crippen LogP contribution in [-0.2, 0) is 10.9 Å². The van der Waals surface area contributed by atoms with E-state index < -0.39 is 11.7 Å². The molecule has 0 saturated carbocycles. The topological polar surface area (TPSA) is 34.2 Å². The summed E-state index contributed by atoms with van der Waals surface area (Å²) in [4.78, 5) is 3.83. The van der Waals surface area contributed by atoms with Crippen LogP contribution in [-0.4, -0.2) is 17.6 Å². The van der Waals surface area contributed by atoms with E-state index in [2.05, 4.69) is 10.3 Å². The number of rotatable bonds is 3. The molecule has 0 amide bonds. The second-order valence-electron chi connectivity index (χ2n) is 5.69. The first-order chi connectivity index (χ1) is 11.4. The van der Waals surface area contributed by atoms with Crippen molar-refractivity contribution in [3.05, 3.63) is 58.7 Å². The molecule has 0 radical (unpaired) electrons. The van der Waals surface area contributed by atoms with Crippen LogP contribution in [0, 0.1) is 0 Å². The molecule has 3 nitrogen and oxygen atoms in total. The Labute approximate surface area is 142 Å². The van der Waals surface area contributed by atoms with Crippen molar-refractivity contribution in [3.63, 3.8) is 0 Å². The number of nitrogens with one attached hydrogen (secondary N) is 1. The van der Waals surface area contributed by atoms with Crippen LogP contribution in [0.5, 0.6) is 0 Å². The van der Waals surface area contributed by atoms with E-state index in [0.29, 0.717) is 13.0 Å². The zero-order chi connectivity index (χ0) is 17.2. The quantitative estimate of drug-likeness (QED) is 0.832. The summed E-state index contributed by atoms with van der Waals surface area (Å²) in [6, 6.07) is 10.8. The molecule has 3 rings (SSSR count). The molecule has 2 unspecified atom stereocenters. The van der Waals surface area contributed by atoms with Crippen LogP contribution >= 0.6 is 11.6 Å². The third-order valence-electron chi connectivity index (χ3n) is 3.96. The van der Waals surface area contributed by atoms with Crippen LogP contribution in [0.4, 0.5) is 19.0 Å². The molecule has 0 spiro atoms. The SMILES string of the molecule is FC(F)(F)c1cnc(NC2CCOC(c3ccccc3)C2)c(Cl)c1. The van der Waals surface area contributed by atoms with E-state index in [-0.39, 0.29) is 23.0 Å². The largest absolute Gasteiger partial charge is 0.417 e. The standard InChI is InChI=1S/C17H16ClF3N2O/c18-14-8-12(17(19,20)21)10-22-16(14)23-13-6-7-24-15(9-13)11-4-2-1-3-5-11/h1-5,8,10,13,15H,6-7,9H2,(H,22,23). The Bertz CT molecular complexity index is 694. The van der Waals surface area contributed by atoms with Gasteiger partial charge in [-0.05, 0) is 24.5 Å². The summed E-state index contributed by atoms with van der Waals surface area (Å²) in [6.07, 6.45) is -2.27. The van der Waals surface area contributed by atoms with Crippen LogP contribution in [0.25, 0.3) is 0 Å². The average molecular weight is 357 g/mol. The molecule has 1 aromatic carbocycles. The van der Waals surface area contributed by atoms with E-state index in [1.165, 1.54) is 0 Å². The molecule has 0 bridgehead atoms. The summed E-state index contributed by atoms with van der Waals surface area (Å²) in [6.45, 7) is 0.565. The van der Waals surface area contributed by atoms with Gasteiger partial charge in [0, 0.05) is 18.8 Å². The van der Waals surface area contributed by atoms with Gasteiger partial charge in [-0.25, -0.2) is 4.98 Å². The zero-order valence-corrected chi connectivity index (χ0v) is 13.4. The van der Waals surface area contributed by atoms with E-state index in [4.69, 9.17) is 16.3 Å². The van der Waals surface area contributed by atoms with Crippen LogP contribution < -0.4 is 5.32 Å². The number of pyridine rings is 1. The lowest BCUT2D eigenvalue weighted by Crippen LogP contribution is -2.30. The lowest BCUT2D eigenvalue weighted by molar-refractivity contribution is -0.137. The molecule has 1 aliphatic heterocycles. The highest BCUT2D eigenvalue weighted by Gasteiger charge is 2.32. The normalized spacial score (nSPS) is 21.5. The van der Waals surface area contributed by atoms with Crippen molar-refractivity contribution in [3.8, 4) is 0 Å². The monoisotopic (exact) mass is 356 g/mol. The van der Waals surface area contributed by atoms with E-state index in [0.717, 1.165) is 24.2 Å². The molecule has 24 heavy (non-hydrogen) atoms. The molecule has 128 valence electrons. The van der Waals surface area contributed by atoms with Gasteiger partial charge in [0.2, 0.25) is 0 Å². The van der Waals surface area contributed by atoms with E-state index >= 15 is 0 Å². The molecule has 1 N–H and O–H groups in total. The maximum atomic E-state index is 12.7. The van der Waals surface area contributed by atoms with Gasteiger partial charge in [-0.2, -0.15) is 13.2 Å². The van der Waals surface area contributed by atoms with Crippen molar-refractivity contribution >= 4 is 17.4 Å². The smallest absolute Gasteiger partial charge is 0.373 e. The molecule has 2 atom stereocenters. The van der Waals surface area contributed by atoms with Gasteiger partial charge in [-0.15, -0.1) is 0 Å². The fourth-order valence-electron chi connectivity index (χ4n) is 2.72. The van der Waals surface area contributed by atoms with Crippen LogP contribution in [0.2, 0.25) is 5.02 Å². The summed E-state index contributed by atoms with van der Waals surface area (Å²) >= 11 is 5.95.